The lowest BCUT2D eigenvalue weighted by atomic mass is 10.1. The fraction of sp³-hybridized carbons (Fsp3) is 0.118. The lowest BCUT2D eigenvalue weighted by molar-refractivity contribution is 0.0469. The van der Waals surface area contributed by atoms with Gasteiger partial charge >= 0.3 is 5.97 Å². The van der Waals surface area contributed by atoms with E-state index in [9.17, 15) is 13.2 Å². The fourth-order valence-corrected chi connectivity index (χ4v) is 3.59. The molecule has 5 nitrogen and oxygen atoms in total. The van der Waals surface area contributed by atoms with Crippen LogP contribution in [0.4, 0.5) is 0 Å². The van der Waals surface area contributed by atoms with E-state index >= 15 is 0 Å². The lowest BCUT2D eigenvalue weighted by Crippen LogP contribution is -2.09. The van der Waals surface area contributed by atoms with Crippen molar-refractivity contribution in [1.82, 2.24) is 0 Å². The highest BCUT2D eigenvalue weighted by molar-refractivity contribution is 7.94. The highest BCUT2D eigenvalue weighted by Crippen LogP contribution is 2.36. The molecule has 0 spiro atoms. The topological polar surface area (TPSA) is 69.7 Å². The third kappa shape index (κ3) is 2.85. The van der Waals surface area contributed by atoms with Gasteiger partial charge in [-0.3, -0.25) is 0 Å². The van der Waals surface area contributed by atoms with Gasteiger partial charge in [0.15, 0.2) is 0 Å². The van der Waals surface area contributed by atoms with E-state index in [2.05, 4.69) is 0 Å². The number of methoxy groups -OCH3 is 1. The van der Waals surface area contributed by atoms with Crippen LogP contribution in [0.2, 0.25) is 0 Å². The zero-order chi connectivity index (χ0) is 16.4. The molecule has 0 amide bonds. The number of rotatable bonds is 4. The maximum atomic E-state index is 12.3. The van der Waals surface area contributed by atoms with Crippen molar-refractivity contribution in [3.63, 3.8) is 0 Å². The zero-order valence-corrected chi connectivity index (χ0v) is 13.2. The number of sulfone groups is 1. The van der Waals surface area contributed by atoms with Crippen molar-refractivity contribution in [2.75, 3.05) is 7.11 Å². The first-order chi connectivity index (χ1) is 11.0. The molecule has 6 heteroatoms. The van der Waals surface area contributed by atoms with E-state index in [1.165, 1.54) is 25.3 Å². The van der Waals surface area contributed by atoms with E-state index in [-0.39, 0.29) is 22.8 Å². The van der Waals surface area contributed by atoms with Crippen LogP contribution in [0.3, 0.4) is 0 Å². The van der Waals surface area contributed by atoms with Crippen LogP contribution in [-0.4, -0.2) is 21.5 Å². The second-order valence-corrected chi connectivity index (χ2v) is 6.77. The Morgan fingerprint density at radius 1 is 1.09 bits per heavy atom. The third-order valence-electron chi connectivity index (χ3n) is 3.51. The number of hydrogen-bond donors (Lipinski definition) is 0. The molecule has 0 fully saturated rings. The largest absolute Gasteiger partial charge is 0.495 e. The van der Waals surface area contributed by atoms with Crippen molar-refractivity contribution in [2.45, 2.75) is 11.5 Å². The van der Waals surface area contributed by atoms with Gasteiger partial charge in [0.2, 0.25) is 9.84 Å². The van der Waals surface area contributed by atoms with Crippen molar-refractivity contribution in [3.05, 3.63) is 64.6 Å². The molecule has 0 aromatic heterocycles. The van der Waals surface area contributed by atoms with Crippen LogP contribution in [0.15, 0.2) is 52.8 Å². The first-order valence-electron chi connectivity index (χ1n) is 6.88. The lowest BCUT2D eigenvalue weighted by Gasteiger charge is -2.12. The molecule has 0 aliphatic carbocycles. The van der Waals surface area contributed by atoms with Gasteiger partial charge in [-0.15, -0.1) is 0 Å². The summed E-state index contributed by atoms with van der Waals surface area (Å²) in [7, 11) is -2.06. The van der Waals surface area contributed by atoms with E-state index in [0.29, 0.717) is 5.56 Å². The normalized spacial score (nSPS) is 14.3. The average molecular weight is 330 g/mol. The van der Waals surface area contributed by atoms with Gasteiger partial charge in [-0.1, -0.05) is 30.3 Å². The van der Waals surface area contributed by atoms with Crippen LogP contribution in [0.5, 0.6) is 5.75 Å². The van der Waals surface area contributed by atoms with Gasteiger partial charge in [-0.05, 0) is 23.8 Å². The molecule has 0 radical (unpaired) electrons. The molecule has 0 N–H and O–H groups in total. The summed E-state index contributed by atoms with van der Waals surface area (Å²) in [5.41, 5.74) is 1.44. The summed E-state index contributed by atoms with van der Waals surface area (Å²) in [5, 5.41) is 1.10. The minimum atomic E-state index is -3.45. The van der Waals surface area contributed by atoms with Gasteiger partial charge in [0.25, 0.3) is 0 Å². The Balaban J connectivity index is 1.89. The number of fused-ring (bicyclic) bond motifs is 1. The van der Waals surface area contributed by atoms with Crippen molar-refractivity contribution >= 4 is 21.9 Å². The molecule has 0 bridgehead atoms. The van der Waals surface area contributed by atoms with Crippen LogP contribution < -0.4 is 4.74 Å². The van der Waals surface area contributed by atoms with Gasteiger partial charge in [-0.25, -0.2) is 13.2 Å². The summed E-state index contributed by atoms with van der Waals surface area (Å²) in [4.78, 5) is 12.4. The molecule has 0 atom stereocenters. The van der Waals surface area contributed by atoms with Crippen LogP contribution >= 0.6 is 0 Å². The number of carbonyl (C=O) groups excluding carboxylic acids is 1. The van der Waals surface area contributed by atoms with Gasteiger partial charge in [-0.2, -0.15) is 0 Å². The summed E-state index contributed by atoms with van der Waals surface area (Å²) in [5.74, 6) is -0.357. The maximum absolute atomic E-state index is 12.3. The minimum Gasteiger partial charge on any atom is -0.495 e. The zero-order valence-electron chi connectivity index (χ0n) is 12.4. The molecule has 23 heavy (non-hydrogen) atoms. The minimum absolute atomic E-state index is 0.133. The molecule has 1 aliphatic rings. The Morgan fingerprint density at radius 2 is 1.83 bits per heavy atom. The van der Waals surface area contributed by atoms with Gasteiger partial charge in [0.05, 0.1) is 12.0 Å². The Bertz CT molecular complexity index is 883. The van der Waals surface area contributed by atoms with E-state index in [1.54, 1.807) is 0 Å². The number of benzene rings is 2. The van der Waals surface area contributed by atoms with Crippen molar-refractivity contribution in [1.29, 1.82) is 0 Å². The molecule has 1 heterocycles. The standard InChI is InChI=1S/C17H14O5S/c1-21-16-13-9-10-23(19,20)15(13)8-7-14(16)17(18)22-11-12-5-3-2-4-6-12/h2-10H,11H2,1H3. The molecular weight excluding hydrogens is 316 g/mol. The Morgan fingerprint density at radius 3 is 2.52 bits per heavy atom. The number of carbonyl (C=O) groups is 1. The van der Waals surface area contributed by atoms with Gasteiger partial charge < -0.3 is 9.47 Å². The highest BCUT2D eigenvalue weighted by atomic mass is 32.2. The summed E-state index contributed by atoms with van der Waals surface area (Å²) in [6.45, 7) is 0.133. The highest BCUT2D eigenvalue weighted by Gasteiger charge is 2.27. The molecule has 118 valence electrons. The first-order valence-corrected chi connectivity index (χ1v) is 8.43. The molecule has 0 saturated heterocycles. The number of hydrogen-bond acceptors (Lipinski definition) is 5. The van der Waals surface area contributed by atoms with E-state index in [4.69, 9.17) is 9.47 Å². The molecule has 2 aromatic rings. The van der Waals surface area contributed by atoms with Crippen molar-refractivity contribution < 1.29 is 22.7 Å². The molecule has 1 aliphatic heterocycles. The quantitative estimate of drug-likeness (QED) is 0.806. The van der Waals surface area contributed by atoms with Crippen LogP contribution in [0, 0.1) is 0 Å². The first kappa shape index (κ1) is 15.3. The van der Waals surface area contributed by atoms with E-state index in [0.717, 1.165) is 11.0 Å². The van der Waals surface area contributed by atoms with Gasteiger partial charge in [0.1, 0.15) is 17.9 Å². The van der Waals surface area contributed by atoms with Crippen LogP contribution in [0.25, 0.3) is 6.08 Å². The summed E-state index contributed by atoms with van der Waals surface area (Å²) in [6.07, 6.45) is 1.43. The maximum Gasteiger partial charge on any atom is 0.342 e. The Hall–Kier alpha value is -2.60. The smallest absolute Gasteiger partial charge is 0.342 e. The van der Waals surface area contributed by atoms with E-state index in [1.807, 2.05) is 30.3 Å². The SMILES string of the molecule is COc1c(C(=O)OCc2ccccc2)ccc2c1C=CS2(=O)=O. The number of esters is 1. The predicted molar refractivity (Wildman–Crippen MR) is 84.8 cm³/mol. The fourth-order valence-electron chi connectivity index (χ4n) is 2.40. The van der Waals surface area contributed by atoms with Crippen molar-refractivity contribution in [2.24, 2.45) is 0 Å². The van der Waals surface area contributed by atoms with Gasteiger partial charge in [0, 0.05) is 11.0 Å². The Labute approximate surface area is 134 Å². The van der Waals surface area contributed by atoms with Crippen LogP contribution in [-0.2, 0) is 21.2 Å². The summed E-state index contributed by atoms with van der Waals surface area (Å²) < 4.78 is 34.2. The average Bonchev–Trinajstić information content (AvgIpc) is 2.88. The van der Waals surface area contributed by atoms with Crippen LogP contribution in [0.1, 0.15) is 21.5 Å². The summed E-state index contributed by atoms with van der Waals surface area (Å²) >= 11 is 0. The Kier molecular flexibility index (Phi) is 3.92. The molecule has 3 rings (SSSR count). The predicted octanol–water partition coefficient (Wildman–Crippen LogP) is 2.81. The molecule has 0 saturated carbocycles. The second kappa shape index (κ2) is 5.89. The van der Waals surface area contributed by atoms with Crippen molar-refractivity contribution in [3.8, 4) is 5.75 Å². The number of ether oxygens (including phenoxy) is 2. The van der Waals surface area contributed by atoms with E-state index < -0.39 is 15.8 Å². The third-order valence-corrected chi connectivity index (χ3v) is 4.98. The summed E-state index contributed by atoms with van der Waals surface area (Å²) in [6, 6.07) is 12.1. The molecule has 0 unspecified atom stereocenters. The monoisotopic (exact) mass is 330 g/mol. The molecular formula is C17H14O5S. The molecule has 2 aromatic carbocycles. The second-order valence-electron chi connectivity index (χ2n) is 4.97.